The monoisotopic (exact) mass is 271 g/mol. The molecule has 1 rings (SSSR count). The highest BCUT2D eigenvalue weighted by Crippen LogP contribution is 2.47. The topological polar surface area (TPSA) is 32.3 Å². The van der Waals surface area contributed by atoms with Gasteiger partial charge in [-0.25, -0.2) is 0 Å². The fraction of sp³-hybridized carbons (Fsp3) is 0.733. The molecule has 0 aromatic heterocycles. The van der Waals surface area contributed by atoms with Crippen molar-refractivity contribution < 1.29 is 5.11 Å². The third-order valence-corrected chi connectivity index (χ3v) is 4.65. The zero-order valence-corrected chi connectivity index (χ0v) is 12.2. The van der Waals surface area contributed by atoms with Gasteiger partial charge < -0.3 is 10.4 Å². The number of halogens is 1. The van der Waals surface area contributed by atoms with Gasteiger partial charge >= 0.3 is 0 Å². The number of aliphatic hydroxyl groups is 1. The van der Waals surface area contributed by atoms with Crippen LogP contribution >= 0.6 is 11.6 Å². The Bertz CT molecular complexity index is 292. The molecule has 0 amide bonds. The van der Waals surface area contributed by atoms with Gasteiger partial charge in [-0.3, -0.25) is 0 Å². The summed E-state index contributed by atoms with van der Waals surface area (Å²) >= 11 is 5.96. The lowest BCUT2D eigenvalue weighted by Crippen LogP contribution is -2.38. The van der Waals surface area contributed by atoms with Crippen LogP contribution < -0.4 is 5.32 Å². The molecule has 0 unspecified atom stereocenters. The van der Waals surface area contributed by atoms with Crippen molar-refractivity contribution in [1.29, 1.82) is 0 Å². The van der Waals surface area contributed by atoms with Crippen molar-refractivity contribution in [1.82, 2.24) is 5.32 Å². The molecule has 0 saturated heterocycles. The minimum atomic E-state index is 0.138. The largest absolute Gasteiger partial charge is 0.395 e. The van der Waals surface area contributed by atoms with Crippen LogP contribution in [-0.4, -0.2) is 30.7 Å². The highest BCUT2D eigenvalue weighted by Gasteiger charge is 2.38. The molecule has 3 atom stereocenters. The summed E-state index contributed by atoms with van der Waals surface area (Å²) in [6.07, 6.45) is 5.54. The van der Waals surface area contributed by atoms with E-state index in [9.17, 15) is 0 Å². The summed E-state index contributed by atoms with van der Waals surface area (Å²) in [6.45, 7) is 12.2. The summed E-state index contributed by atoms with van der Waals surface area (Å²) in [5, 5.41) is 12.1. The van der Waals surface area contributed by atoms with E-state index in [1.165, 1.54) is 6.42 Å². The Balaban J connectivity index is 2.62. The van der Waals surface area contributed by atoms with E-state index in [1.54, 1.807) is 0 Å². The summed E-state index contributed by atoms with van der Waals surface area (Å²) in [5.74, 6) is 1.61. The summed E-state index contributed by atoms with van der Waals surface area (Å²) in [6, 6.07) is 0. The van der Waals surface area contributed by atoms with E-state index in [-0.39, 0.29) is 12.0 Å². The number of aliphatic hydroxyl groups excluding tert-OH is 1. The summed E-state index contributed by atoms with van der Waals surface area (Å²) < 4.78 is 0. The van der Waals surface area contributed by atoms with Crippen LogP contribution in [0.15, 0.2) is 24.8 Å². The van der Waals surface area contributed by atoms with E-state index < -0.39 is 0 Å². The van der Waals surface area contributed by atoms with Crippen molar-refractivity contribution >= 4 is 11.6 Å². The lowest BCUT2D eigenvalue weighted by Gasteiger charge is -2.43. The number of rotatable bonds is 7. The first-order valence-electron chi connectivity index (χ1n) is 6.76. The maximum absolute atomic E-state index is 8.79. The molecule has 0 radical (unpaired) electrons. The molecule has 18 heavy (non-hydrogen) atoms. The van der Waals surface area contributed by atoms with Crippen LogP contribution in [0.25, 0.3) is 0 Å². The van der Waals surface area contributed by atoms with Gasteiger partial charge in [0.1, 0.15) is 0 Å². The Hall–Kier alpha value is -0.310. The fourth-order valence-electron chi connectivity index (χ4n) is 2.95. The smallest absolute Gasteiger partial charge is 0.0555 e. The Labute approximate surface area is 116 Å². The predicted octanol–water partition coefficient (Wildman–Crippen LogP) is 2.97. The van der Waals surface area contributed by atoms with Gasteiger partial charge in [-0.1, -0.05) is 25.2 Å². The average Bonchev–Trinajstić information content (AvgIpc) is 2.40. The summed E-state index contributed by atoms with van der Waals surface area (Å²) in [7, 11) is 0. The normalized spacial score (nSPS) is 32.2. The number of hydrogen-bond acceptors (Lipinski definition) is 2. The molecule has 104 valence electrons. The van der Waals surface area contributed by atoms with Gasteiger partial charge in [0.05, 0.1) is 6.61 Å². The number of hydrogen-bond donors (Lipinski definition) is 2. The molecule has 0 heterocycles. The first-order valence-corrected chi connectivity index (χ1v) is 7.29. The summed E-state index contributed by atoms with van der Waals surface area (Å²) in [4.78, 5) is 0. The second kappa shape index (κ2) is 7.32. The highest BCUT2D eigenvalue weighted by molar-refractivity contribution is 6.19. The molecular formula is C15H26ClNO. The third kappa shape index (κ3) is 3.84. The van der Waals surface area contributed by atoms with Crippen LogP contribution in [0.4, 0.5) is 0 Å². The lowest BCUT2D eigenvalue weighted by atomic mass is 9.62. The third-order valence-electron chi connectivity index (χ3n) is 4.31. The number of nitrogens with one attached hydrogen (secondary N) is 1. The zero-order valence-electron chi connectivity index (χ0n) is 11.4. The van der Waals surface area contributed by atoms with Gasteiger partial charge in [0.2, 0.25) is 0 Å². The molecule has 1 aliphatic rings. The molecular weight excluding hydrogens is 246 g/mol. The molecule has 0 aliphatic heterocycles. The molecule has 0 aromatic carbocycles. The van der Waals surface area contributed by atoms with E-state index in [0.717, 1.165) is 25.0 Å². The zero-order chi connectivity index (χ0) is 13.6. The van der Waals surface area contributed by atoms with E-state index in [1.807, 2.05) is 0 Å². The fourth-order valence-corrected chi connectivity index (χ4v) is 3.14. The standard InChI is InChI=1S/C15H26ClNO/c1-4-15(3)6-5-13(11-17-7-8-18)9-14(15)12(2)10-16/h4,13-14,17-18H,1-2,5-11H2,3H3/t13-,14+,15-/m1/s1. The molecule has 2 N–H and O–H groups in total. The van der Waals surface area contributed by atoms with Gasteiger partial charge in [-0.15, -0.1) is 18.2 Å². The Morgan fingerprint density at radius 2 is 2.33 bits per heavy atom. The van der Waals surface area contributed by atoms with Crippen molar-refractivity contribution in [3.05, 3.63) is 24.8 Å². The molecule has 0 spiro atoms. The van der Waals surface area contributed by atoms with Crippen LogP contribution in [0.3, 0.4) is 0 Å². The van der Waals surface area contributed by atoms with Crippen LogP contribution in [-0.2, 0) is 0 Å². The van der Waals surface area contributed by atoms with Crippen LogP contribution in [0.1, 0.15) is 26.2 Å². The van der Waals surface area contributed by atoms with E-state index in [0.29, 0.717) is 24.3 Å². The second-order valence-electron chi connectivity index (χ2n) is 5.62. The minimum absolute atomic E-state index is 0.138. The number of allylic oxidation sites excluding steroid dienone is 2. The molecule has 1 fully saturated rings. The van der Waals surface area contributed by atoms with E-state index >= 15 is 0 Å². The van der Waals surface area contributed by atoms with Gasteiger partial charge in [-0.2, -0.15) is 0 Å². The quantitative estimate of drug-likeness (QED) is 0.424. The maximum Gasteiger partial charge on any atom is 0.0555 e. The molecule has 1 saturated carbocycles. The SMILES string of the molecule is C=C[C@]1(C)CC[C@@H](CNCCO)C[C@H]1C(=C)CCl. The van der Waals surface area contributed by atoms with Crippen molar-refractivity contribution in [3.8, 4) is 0 Å². The lowest BCUT2D eigenvalue weighted by molar-refractivity contribution is 0.151. The Morgan fingerprint density at radius 1 is 1.61 bits per heavy atom. The van der Waals surface area contributed by atoms with Gasteiger partial charge in [0.15, 0.2) is 0 Å². The molecule has 3 heteroatoms. The minimum Gasteiger partial charge on any atom is -0.395 e. The molecule has 2 nitrogen and oxygen atoms in total. The van der Waals surface area contributed by atoms with Crippen LogP contribution in [0.2, 0.25) is 0 Å². The Kier molecular flexibility index (Phi) is 6.40. The van der Waals surface area contributed by atoms with Gasteiger partial charge in [-0.05, 0) is 43.1 Å². The van der Waals surface area contributed by atoms with E-state index in [2.05, 4.69) is 31.5 Å². The van der Waals surface area contributed by atoms with Crippen molar-refractivity contribution in [2.45, 2.75) is 26.2 Å². The van der Waals surface area contributed by atoms with Crippen LogP contribution in [0, 0.1) is 17.3 Å². The van der Waals surface area contributed by atoms with Gasteiger partial charge in [0, 0.05) is 12.4 Å². The van der Waals surface area contributed by atoms with Crippen molar-refractivity contribution in [3.63, 3.8) is 0 Å². The first-order chi connectivity index (χ1) is 8.57. The van der Waals surface area contributed by atoms with Crippen molar-refractivity contribution in [2.75, 3.05) is 25.6 Å². The summed E-state index contributed by atoms with van der Waals surface area (Å²) in [5.41, 5.74) is 1.27. The predicted molar refractivity (Wildman–Crippen MR) is 79.0 cm³/mol. The average molecular weight is 272 g/mol. The second-order valence-corrected chi connectivity index (χ2v) is 5.89. The highest BCUT2D eigenvalue weighted by atomic mass is 35.5. The number of alkyl halides is 1. The van der Waals surface area contributed by atoms with Crippen molar-refractivity contribution in [2.24, 2.45) is 17.3 Å². The van der Waals surface area contributed by atoms with E-state index in [4.69, 9.17) is 16.7 Å². The Morgan fingerprint density at radius 3 is 2.89 bits per heavy atom. The molecule has 1 aliphatic carbocycles. The first kappa shape index (κ1) is 15.7. The maximum atomic E-state index is 8.79. The molecule has 0 bridgehead atoms. The van der Waals surface area contributed by atoms with Crippen LogP contribution in [0.5, 0.6) is 0 Å². The van der Waals surface area contributed by atoms with Gasteiger partial charge in [0.25, 0.3) is 0 Å². The molecule has 0 aromatic rings.